The normalized spacial score (nSPS) is 47.0. The van der Waals surface area contributed by atoms with Gasteiger partial charge in [0, 0.05) is 13.3 Å². The van der Waals surface area contributed by atoms with E-state index in [0.29, 0.717) is 23.4 Å². The lowest BCUT2D eigenvalue weighted by Crippen LogP contribution is -2.53. The van der Waals surface area contributed by atoms with Gasteiger partial charge in [0.2, 0.25) is 0 Å². The second kappa shape index (κ2) is 11.1. The van der Waals surface area contributed by atoms with Crippen LogP contribution in [0.2, 0.25) is 0 Å². The monoisotopic (exact) mass is 548 g/mol. The highest BCUT2D eigenvalue weighted by atomic mass is 16.6. The van der Waals surface area contributed by atoms with Crippen molar-refractivity contribution in [1.82, 2.24) is 0 Å². The fourth-order valence-electron chi connectivity index (χ4n) is 10.4. The van der Waals surface area contributed by atoms with Crippen LogP contribution >= 0.6 is 0 Å². The number of fused-ring (bicyclic) bond motifs is 2. The van der Waals surface area contributed by atoms with Gasteiger partial charge in [0.15, 0.2) is 0 Å². The number of hydrogen-bond acceptors (Lipinski definition) is 4. The van der Waals surface area contributed by atoms with Gasteiger partial charge in [0.25, 0.3) is 0 Å². The van der Waals surface area contributed by atoms with E-state index < -0.39 is 5.60 Å². The molecule has 0 radical (unpaired) electrons. The first-order chi connectivity index (χ1) is 18.8. The maximum Gasteiger partial charge on any atom is 0.303 e. The van der Waals surface area contributed by atoms with Gasteiger partial charge < -0.3 is 14.2 Å². The first kappa shape index (κ1) is 29.6. The van der Waals surface area contributed by atoms with E-state index in [1.807, 2.05) is 12.2 Å². The molecule has 2 spiro atoms. The van der Waals surface area contributed by atoms with Crippen molar-refractivity contribution in [2.45, 2.75) is 127 Å². The van der Waals surface area contributed by atoms with E-state index in [2.05, 4.69) is 56.5 Å². The first-order valence-electron chi connectivity index (χ1n) is 15.5. The summed E-state index contributed by atoms with van der Waals surface area (Å²) in [6.07, 6.45) is 31.3. The lowest BCUT2D eigenvalue weighted by molar-refractivity contribution is -0.181. The smallest absolute Gasteiger partial charge is 0.303 e. The van der Waals surface area contributed by atoms with Crippen LogP contribution in [0.5, 0.6) is 0 Å². The van der Waals surface area contributed by atoms with Crippen LogP contribution in [-0.2, 0) is 19.0 Å². The fraction of sp³-hybridized carbons (Fsp3) is 0.694. The van der Waals surface area contributed by atoms with E-state index >= 15 is 0 Å². The lowest BCUT2D eigenvalue weighted by Gasteiger charge is -2.43. The highest BCUT2D eigenvalue weighted by Gasteiger charge is 2.71. The summed E-state index contributed by atoms with van der Waals surface area (Å²) in [5.41, 5.74) is -0.200. The molecule has 0 amide bonds. The molecule has 0 aromatic heterocycles. The molecule has 3 heterocycles. The Labute approximate surface area is 243 Å². The van der Waals surface area contributed by atoms with Crippen LogP contribution < -0.4 is 0 Å². The maximum atomic E-state index is 11.8. The van der Waals surface area contributed by atoms with Gasteiger partial charge in [0.1, 0.15) is 11.2 Å². The molecule has 4 fully saturated rings. The molecule has 4 heteroatoms. The summed E-state index contributed by atoms with van der Waals surface area (Å²) in [5, 5.41) is 0. The Morgan fingerprint density at radius 2 is 1.52 bits per heavy atom. The topological polar surface area (TPSA) is 44.8 Å². The van der Waals surface area contributed by atoms with Gasteiger partial charge in [-0.25, -0.2) is 0 Å². The molecule has 2 saturated carbocycles. The zero-order chi connectivity index (χ0) is 27.3. The zero-order valence-electron chi connectivity index (χ0n) is 24.1. The Balaban J connectivity index is 0.000000162. The number of carbonyl (C=O) groups excluding carboxylic acids is 1. The quantitative estimate of drug-likeness (QED) is 0.255. The first-order valence-corrected chi connectivity index (χ1v) is 15.5. The Bertz CT molecular complexity index is 1070. The summed E-state index contributed by atoms with van der Waals surface area (Å²) >= 11 is 0. The summed E-state index contributed by atoms with van der Waals surface area (Å²) in [6, 6.07) is 0. The van der Waals surface area contributed by atoms with Crippen LogP contribution in [-0.4, -0.2) is 35.0 Å². The molecule has 40 heavy (non-hydrogen) atoms. The molecule has 10 atom stereocenters. The molecule has 2 bridgehead atoms. The van der Waals surface area contributed by atoms with Crippen LogP contribution in [0.3, 0.4) is 0 Å². The second-order valence-corrected chi connectivity index (χ2v) is 13.8. The highest BCUT2D eigenvalue weighted by molar-refractivity contribution is 5.67. The summed E-state index contributed by atoms with van der Waals surface area (Å²) < 4.78 is 19.1. The van der Waals surface area contributed by atoms with E-state index in [1.54, 1.807) is 0 Å². The molecule has 0 aromatic rings. The van der Waals surface area contributed by atoms with Crippen molar-refractivity contribution in [3.8, 4) is 0 Å². The van der Waals surface area contributed by atoms with Gasteiger partial charge in [-0.15, -0.1) is 13.2 Å². The van der Waals surface area contributed by atoms with Crippen LogP contribution in [0.4, 0.5) is 0 Å². The molecule has 0 unspecified atom stereocenters. The maximum absolute atomic E-state index is 11.8. The van der Waals surface area contributed by atoms with Crippen molar-refractivity contribution in [2.24, 2.45) is 29.1 Å². The van der Waals surface area contributed by atoms with Crippen LogP contribution in [0, 0.1) is 29.1 Å². The van der Waals surface area contributed by atoms with Crippen LogP contribution in [0.1, 0.15) is 98.3 Å². The summed E-state index contributed by atoms with van der Waals surface area (Å²) in [4.78, 5) is 11.8. The average molecular weight is 549 g/mol. The Morgan fingerprint density at radius 3 is 2.27 bits per heavy atom. The predicted molar refractivity (Wildman–Crippen MR) is 162 cm³/mol. The van der Waals surface area contributed by atoms with Crippen molar-refractivity contribution in [3.63, 3.8) is 0 Å². The SMILES string of the molecule is C.C=CC[C@H]1C[C@@]2(OC(C)=O)C[C@@H](CC=C)[C@H]3CC=CC[C@@]32O1.C[C@@]12C[C@H]3CC=CC[C@@]1(O3)[C@@H]1CC=CC[C@@H]1C2. The lowest BCUT2D eigenvalue weighted by atomic mass is 9.68. The molecule has 2 saturated heterocycles. The van der Waals surface area contributed by atoms with Gasteiger partial charge in [0.05, 0.1) is 17.8 Å². The van der Waals surface area contributed by atoms with E-state index in [1.165, 1.54) is 32.6 Å². The molecule has 0 N–H and O–H groups in total. The van der Waals surface area contributed by atoms with Crippen molar-refractivity contribution in [1.29, 1.82) is 0 Å². The van der Waals surface area contributed by atoms with Gasteiger partial charge in [-0.05, 0) is 99.7 Å². The van der Waals surface area contributed by atoms with Crippen LogP contribution in [0.15, 0.2) is 61.8 Å². The van der Waals surface area contributed by atoms with Gasteiger partial charge in [-0.1, -0.05) is 63.0 Å². The van der Waals surface area contributed by atoms with Crippen LogP contribution in [0.25, 0.3) is 0 Å². The summed E-state index contributed by atoms with van der Waals surface area (Å²) in [7, 11) is 0. The number of ether oxygens (including phenoxy) is 3. The third-order valence-corrected chi connectivity index (χ3v) is 11.6. The average Bonchev–Trinajstić information content (AvgIpc) is 3.41. The number of allylic oxidation sites excluding steroid dienone is 4. The molecule has 7 rings (SSSR count). The Hall–Kier alpha value is -1.91. The highest BCUT2D eigenvalue weighted by Crippen LogP contribution is 2.67. The third kappa shape index (κ3) is 4.44. The van der Waals surface area contributed by atoms with E-state index in [9.17, 15) is 4.79 Å². The molecule has 4 aliphatic carbocycles. The molecule has 3 aliphatic heterocycles. The number of hydrogen-bond donors (Lipinski definition) is 0. The molecule has 220 valence electrons. The summed E-state index contributed by atoms with van der Waals surface area (Å²) in [6.45, 7) is 11.8. The fourth-order valence-corrected chi connectivity index (χ4v) is 10.4. The number of esters is 1. The minimum Gasteiger partial charge on any atom is -0.456 e. The van der Waals surface area contributed by atoms with Crippen molar-refractivity contribution in [2.75, 3.05) is 0 Å². The van der Waals surface area contributed by atoms with Crippen molar-refractivity contribution in [3.05, 3.63) is 61.8 Å². The molecular formula is C36H52O4. The van der Waals surface area contributed by atoms with E-state index in [4.69, 9.17) is 14.2 Å². The molecular weight excluding hydrogens is 496 g/mol. The van der Waals surface area contributed by atoms with Gasteiger partial charge in [-0.2, -0.15) is 0 Å². The zero-order valence-corrected chi connectivity index (χ0v) is 24.1. The molecule has 7 aliphatic rings. The second-order valence-electron chi connectivity index (χ2n) is 13.8. The minimum atomic E-state index is -0.477. The number of carbonyl (C=O) groups is 1. The standard InChI is InChI=1S/C19H26O3.C16H22O.CH4/c1-4-8-15-12-18(21-14(3)20)13-16(9-5-2)22-19(18)11-7-6-10-17(15)19;1-15-10-12-6-2-3-8-14(12)16(15)9-5-4-7-13(11-15)17-16;/h4-7,15-17H,1-2,8-13H2,3H3;2-5,12-14H,6-11H2,1H3;1H4/t15-,16+,17-,18+,19-;12-,13-,14-,15-,16-;/m11./s1. The van der Waals surface area contributed by atoms with Crippen molar-refractivity contribution < 1.29 is 19.0 Å². The van der Waals surface area contributed by atoms with E-state index in [-0.39, 0.29) is 30.7 Å². The van der Waals surface area contributed by atoms with Crippen molar-refractivity contribution >= 4 is 5.97 Å². The van der Waals surface area contributed by atoms with Gasteiger partial charge >= 0.3 is 5.97 Å². The predicted octanol–water partition coefficient (Wildman–Crippen LogP) is 8.45. The summed E-state index contributed by atoms with van der Waals surface area (Å²) in [5.74, 6) is 2.36. The largest absolute Gasteiger partial charge is 0.456 e. The Kier molecular flexibility index (Phi) is 8.18. The van der Waals surface area contributed by atoms with E-state index in [0.717, 1.165) is 63.2 Å². The van der Waals surface area contributed by atoms with Gasteiger partial charge in [-0.3, -0.25) is 4.79 Å². The Morgan fingerprint density at radius 1 is 0.850 bits per heavy atom. The molecule has 0 aromatic carbocycles. The number of rotatable bonds is 5. The third-order valence-electron chi connectivity index (χ3n) is 11.6. The minimum absolute atomic E-state index is 0. The molecule has 4 nitrogen and oxygen atoms in total.